The van der Waals surface area contributed by atoms with Crippen LogP contribution in [0.5, 0.6) is 5.75 Å². The number of nitrogens with zero attached hydrogens (tertiary/aromatic N) is 1. The predicted octanol–water partition coefficient (Wildman–Crippen LogP) is 3.91. The monoisotopic (exact) mass is 276 g/mol. The van der Waals surface area contributed by atoms with Crippen LogP contribution < -0.4 is 10.5 Å². The maximum Gasteiger partial charge on any atom is 0.130 e. The summed E-state index contributed by atoms with van der Waals surface area (Å²) < 4.78 is 5.91. The van der Waals surface area contributed by atoms with Gasteiger partial charge in [-0.25, -0.2) is 0 Å². The van der Waals surface area contributed by atoms with E-state index in [0.717, 1.165) is 22.6 Å². The van der Waals surface area contributed by atoms with E-state index in [1.165, 1.54) is 0 Å². The van der Waals surface area contributed by atoms with Crippen molar-refractivity contribution in [1.29, 1.82) is 0 Å². The number of benzene rings is 2. The third kappa shape index (κ3) is 3.20. The zero-order valence-corrected chi connectivity index (χ0v) is 11.6. The van der Waals surface area contributed by atoms with E-state index >= 15 is 0 Å². The molecule has 21 heavy (non-hydrogen) atoms. The molecule has 0 amide bonds. The molecule has 0 saturated carbocycles. The summed E-state index contributed by atoms with van der Waals surface area (Å²) >= 11 is 0. The minimum Gasteiger partial charge on any atom is -0.487 e. The van der Waals surface area contributed by atoms with Gasteiger partial charge < -0.3 is 10.5 Å². The Morgan fingerprint density at radius 1 is 0.905 bits per heavy atom. The van der Waals surface area contributed by atoms with Crippen LogP contribution in [0.1, 0.15) is 5.69 Å². The molecule has 104 valence electrons. The highest BCUT2D eigenvalue weighted by molar-refractivity contribution is 5.70. The summed E-state index contributed by atoms with van der Waals surface area (Å²) in [5.41, 5.74) is 9.47. The first-order valence-electron chi connectivity index (χ1n) is 6.80. The van der Waals surface area contributed by atoms with Gasteiger partial charge in [0, 0.05) is 17.4 Å². The molecule has 3 rings (SSSR count). The molecule has 1 heterocycles. The van der Waals surface area contributed by atoms with Gasteiger partial charge in [-0.3, -0.25) is 4.98 Å². The first-order valence-corrected chi connectivity index (χ1v) is 6.80. The van der Waals surface area contributed by atoms with Gasteiger partial charge in [-0.2, -0.15) is 0 Å². The van der Waals surface area contributed by atoms with Gasteiger partial charge in [-0.05, 0) is 23.8 Å². The Balaban J connectivity index is 1.83. The number of aromatic nitrogens is 1. The van der Waals surface area contributed by atoms with Crippen molar-refractivity contribution in [2.24, 2.45) is 0 Å². The number of anilines is 1. The summed E-state index contributed by atoms with van der Waals surface area (Å²) in [5, 5.41) is 0. The predicted molar refractivity (Wildman–Crippen MR) is 84.9 cm³/mol. The summed E-state index contributed by atoms with van der Waals surface area (Å²) in [6, 6.07) is 21.8. The fraction of sp³-hybridized carbons (Fsp3) is 0.0556. The van der Waals surface area contributed by atoms with E-state index in [9.17, 15) is 0 Å². The van der Waals surface area contributed by atoms with Crippen molar-refractivity contribution in [2.75, 3.05) is 5.73 Å². The second kappa shape index (κ2) is 6.09. The smallest absolute Gasteiger partial charge is 0.130 e. The Kier molecular flexibility index (Phi) is 3.83. The maximum absolute atomic E-state index is 5.91. The van der Waals surface area contributed by atoms with Gasteiger partial charge in [-0.1, -0.05) is 48.5 Å². The van der Waals surface area contributed by atoms with Gasteiger partial charge in [0.25, 0.3) is 0 Å². The van der Waals surface area contributed by atoms with E-state index in [1.54, 1.807) is 12.3 Å². The first kappa shape index (κ1) is 13.2. The normalized spacial score (nSPS) is 10.3. The number of hydrogen-bond acceptors (Lipinski definition) is 3. The lowest BCUT2D eigenvalue weighted by Gasteiger charge is -2.11. The molecule has 3 heteroatoms. The molecular weight excluding hydrogens is 260 g/mol. The van der Waals surface area contributed by atoms with Crippen molar-refractivity contribution >= 4 is 5.69 Å². The number of nitrogens with two attached hydrogens (primary N) is 1. The highest BCUT2D eigenvalue weighted by Crippen LogP contribution is 2.29. The molecule has 0 aliphatic rings. The van der Waals surface area contributed by atoms with Crippen molar-refractivity contribution in [3.05, 3.63) is 78.6 Å². The van der Waals surface area contributed by atoms with Crippen LogP contribution in [0.15, 0.2) is 72.9 Å². The van der Waals surface area contributed by atoms with Crippen LogP contribution in [0.2, 0.25) is 0 Å². The number of rotatable bonds is 4. The van der Waals surface area contributed by atoms with Gasteiger partial charge >= 0.3 is 0 Å². The molecule has 0 unspecified atom stereocenters. The highest BCUT2D eigenvalue weighted by Gasteiger charge is 2.06. The zero-order valence-electron chi connectivity index (χ0n) is 11.6. The van der Waals surface area contributed by atoms with Gasteiger partial charge in [0.05, 0.1) is 5.69 Å². The second-order valence-corrected chi connectivity index (χ2v) is 4.73. The molecule has 3 aromatic rings. The highest BCUT2D eigenvalue weighted by atomic mass is 16.5. The molecule has 0 fully saturated rings. The van der Waals surface area contributed by atoms with E-state index in [-0.39, 0.29) is 0 Å². The fourth-order valence-electron chi connectivity index (χ4n) is 2.18. The Labute approximate surface area is 124 Å². The molecule has 0 bridgehead atoms. The molecule has 0 aliphatic carbocycles. The van der Waals surface area contributed by atoms with Gasteiger partial charge in [-0.15, -0.1) is 0 Å². The number of hydrogen-bond donors (Lipinski definition) is 1. The van der Waals surface area contributed by atoms with Crippen LogP contribution >= 0.6 is 0 Å². The second-order valence-electron chi connectivity index (χ2n) is 4.73. The van der Waals surface area contributed by atoms with Gasteiger partial charge in [0.1, 0.15) is 12.4 Å². The summed E-state index contributed by atoms with van der Waals surface area (Å²) in [6.07, 6.45) is 1.69. The summed E-state index contributed by atoms with van der Waals surface area (Å²) in [6.45, 7) is 0.398. The average molecular weight is 276 g/mol. The molecule has 0 atom stereocenters. The van der Waals surface area contributed by atoms with Crippen LogP contribution in [0.25, 0.3) is 11.1 Å². The Morgan fingerprint density at radius 2 is 1.67 bits per heavy atom. The molecule has 3 nitrogen and oxygen atoms in total. The van der Waals surface area contributed by atoms with E-state index in [2.05, 4.69) is 23.2 Å². The molecule has 0 spiro atoms. The molecule has 0 aliphatic heterocycles. The molecular formula is C18H16N2O. The molecule has 2 N–H and O–H groups in total. The Hall–Kier alpha value is -2.81. The number of pyridine rings is 1. The van der Waals surface area contributed by atoms with Gasteiger partial charge in [0.2, 0.25) is 0 Å². The Bertz CT molecular complexity index is 726. The first-order chi connectivity index (χ1) is 10.3. The van der Waals surface area contributed by atoms with Crippen LogP contribution in [0.3, 0.4) is 0 Å². The standard InChI is InChI=1S/C18H16N2O/c19-15-10-11-20-16(12-15)13-21-18-9-5-4-8-17(18)14-6-2-1-3-7-14/h1-12H,13H2,(H2,19,20). The molecule has 0 radical (unpaired) electrons. The Morgan fingerprint density at radius 3 is 2.48 bits per heavy atom. The van der Waals surface area contributed by atoms with E-state index in [4.69, 9.17) is 10.5 Å². The third-order valence-corrected chi connectivity index (χ3v) is 3.19. The number of para-hydroxylation sites is 1. The summed E-state index contributed by atoms with van der Waals surface area (Å²) in [7, 11) is 0. The van der Waals surface area contributed by atoms with Crippen LogP contribution in [-0.2, 0) is 6.61 Å². The molecule has 2 aromatic carbocycles. The van der Waals surface area contributed by atoms with Crippen LogP contribution in [0.4, 0.5) is 5.69 Å². The molecule has 1 aromatic heterocycles. The lowest BCUT2D eigenvalue weighted by Crippen LogP contribution is -2.00. The van der Waals surface area contributed by atoms with Crippen molar-refractivity contribution in [2.45, 2.75) is 6.61 Å². The average Bonchev–Trinajstić information content (AvgIpc) is 2.54. The van der Waals surface area contributed by atoms with Crippen molar-refractivity contribution in [3.8, 4) is 16.9 Å². The van der Waals surface area contributed by atoms with Crippen molar-refractivity contribution in [3.63, 3.8) is 0 Å². The molecule has 0 saturated heterocycles. The van der Waals surface area contributed by atoms with Crippen LogP contribution in [0, 0.1) is 0 Å². The third-order valence-electron chi connectivity index (χ3n) is 3.19. The van der Waals surface area contributed by atoms with Crippen molar-refractivity contribution in [1.82, 2.24) is 4.98 Å². The SMILES string of the molecule is Nc1ccnc(COc2ccccc2-c2ccccc2)c1. The quantitative estimate of drug-likeness (QED) is 0.786. The minimum absolute atomic E-state index is 0.398. The number of nitrogen functional groups attached to an aromatic ring is 1. The van der Waals surface area contributed by atoms with Crippen molar-refractivity contribution < 1.29 is 4.74 Å². The van der Waals surface area contributed by atoms with Gasteiger partial charge in [0.15, 0.2) is 0 Å². The summed E-state index contributed by atoms with van der Waals surface area (Å²) in [5.74, 6) is 0.841. The topological polar surface area (TPSA) is 48.1 Å². The number of ether oxygens (including phenoxy) is 1. The van der Waals surface area contributed by atoms with E-state index in [1.807, 2.05) is 42.5 Å². The van der Waals surface area contributed by atoms with E-state index < -0.39 is 0 Å². The largest absolute Gasteiger partial charge is 0.487 e. The maximum atomic E-state index is 5.91. The van der Waals surface area contributed by atoms with E-state index in [0.29, 0.717) is 12.3 Å². The summed E-state index contributed by atoms with van der Waals surface area (Å²) in [4.78, 5) is 4.25. The lowest BCUT2D eigenvalue weighted by atomic mass is 10.1. The fourth-order valence-corrected chi connectivity index (χ4v) is 2.18. The van der Waals surface area contributed by atoms with Crippen LogP contribution in [-0.4, -0.2) is 4.98 Å². The minimum atomic E-state index is 0.398. The zero-order chi connectivity index (χ0) is 14.5. The lowest BCUT2D eigenvalue weighted by molar-refractivity contribution is 0.302.